The zero-order chi connectivity index (χ0) is 16.2. The lowest BCUT2D eigenvalue weighted by molar-refractivity contribution is 0.134. The van der Waals surface area contributed by atoms with Gasteiger partial charge < -0.3 is 20.5 Å². The highest BCUT2D eigenvalue weighted by molar-refractivity contribution is 7.10. The maximum absolute atomic E-state index is 12.1. The van der Waals surface area contributed by atoms with Crippen molar-refractivity contribution < 1.29 is 14.6 Å². The van der Waals surface area contributed by atoms with E-state index in [1.54, 1.807) is 0 Å². The largest absolute Gasteiger partial charge is 0.387 e. The van der Waals surface area contributed by atoms with Crippen LogP contribution in [-0.2, 0) is 18.0 Å². The van der Waals surface area contributed by atoms with Crippen LogP contribution in [0.4, 0.5) is 10.5 Å². The van der Waals surface area contributed by atoms with Crippen LogP contribution in [0.3, 0.4) is 0 Å². The Balaban J connectivity index is 1.50. The molecule has 6 heteroatoms. The summed E-state index contributed by atoms with van der Waals surface area (Å²) in [5.41, 5.74) is 3.03. The molecule has 2 amide bonds. The van der Waals surface area contributed by atoms with E-state index >= 15 is 0 Å². The first kappa shape index (κ1) is 16.0. The second-order valence-electron chi connectivity index (χ2n) is 5.74. The molecule has 2 heterocycles. The second kappa shape index (κ2) is 7.12. The Labute approximate surface area is 139 Å². The number of fused-ring (bicyclic) bond motifs is 1. The molecule has 1 aliphatic heterocycles. The number of rotatable bonds is 5. The standard InChI is InChI=1S/C17H20N2O3S/c1-11(7-15(20)16-3-2-6-23-16)18-17(21)19-14-5-4-12-9-22-10-13(12)8-14/h2-6,8,11,15,20H,7,9-10H2,1H3,(H2,18,19,21). The molecule has 1 aromatic heterocycles. The topological polar surface area (TPSA) is 70.6 Å². The third kappa shape index (κ3) is 4.10. The van der Waals surface area contributed by atoms with Crippen LogP contribution in [0.5, 0.6) is 0 Å². The van der Waals surface area contributed by atoms with Crippen molar-refractivity contribution in [2.24, 2.45) is 0 Å². The van der Waals surface area contributed by atoms with Gasteiger partial charge in [-0.05, 0) is 48.1 Å². The lowest BCUT2D eigenvalue weighted by Gasteiger charge is -2.17. The lowest BCUT2D eigenvalue weighted by atomic mass is 10.1. The van der Waals surface area contributed by atoms with Crippen molar-refractivity contribution in [3.8, 4) is 0 Å². The maximum Gasteiger partial charge on any atom is 0.319 e. The molecule has 2 unspecified atom stereocenters. The Kier molecular flexibility index (Phi) is 4.95. The van der Waals surface area contributed by atoms with Crippen LogP contribution in [0.2, 0.25) is 0 Å². The smallest absolute Gasteiger partial charge is 0.319 e. The van der Waals surface area contributed by atoms with Crippen molar-refractivity contribution >= 4 is 23.1 Å². The molecule has 0 aliphatic carbocycles. The minimum atomic E-state index is -0.553. The molecule has 1 aromatic carbocycles. The van der Waals surface area contributed by atoms with Gasteiger partial charge in [-0.2, -0.15) is 0 Å². The van der Waals surface area contributed by atoms with E-state index in [9.17, 15) is 9.90 Å². The third-order valence-corrected chi connectivity index (χ3v) is 4.78. The molecule has 23 heavy (non-hydrogen) atoms. The molecule has 0 spiro atoms. The quantitative estimate of drug-likeness (QED) is 0.786. The van der Waals surface area contributed by atoms with Crippen LogP contribution >= 0.6 is 11.3 Å². The molecular weight excluding hydrogens is 312 g/mol. The average Bonchev–Trinajstić information content (AvgIpc) is 3.17. The highest BCUT2D eigenvalue weighted by Crippen LogP contribution is 2.24. The predicted octanol–water partition coefficient (Wildman–Crippen LogP) is 3.41. The fraction of sp³-hybridized carbons (Fsp3) is 0.353. The molecule has 2 aromatic rings. The summed E-state index contributed by atoms with van der Waals surface area (Å²) in [5.74, 6) is 0. The molecule has 0 bridgehead atoms. The van der Waals surface area contributed by atoms with Crippen LogP contribution in [0.15, 0.2) is 35.7 Å². The number of hydrogen-bond donors (Lipinski definition) is 3. The molecule has 5 nitrogen and oxygen atoms in total. The van der Waals surface area contributed by atoms with Gasteiger partial charge in [-0.3, -0.25) is 0 Å². The van der Waals surface area contributed by atoms with E-state index in [0.29, 0.717) is 19.6 Å². The van der Waals surface area contributed by atoms with E-state index in [1.807, 2.05) is 42.6 Å². The number of thiophene rings is 1. The summed E-state index contributed by atoms with van der Waals surface area (Å²) in [6, 6.07) is 9.19. The fourth-order valence-electron chi connectivity index (χ4n) is 2.63. The van der Waals surface area contributed by atoms with Gasteiger partial charge in [-0.15, -0.1) is 11.3 Å². The van der Waals surface area contributed by atoms with Gasteiger partial charge in [0.25, 0.3) is 0 Å². The van der Waals surface area contributed by atoms with E-state index < -0.39 is 6.10 Å². The highest BCUT2D eigenvalue weighted by atomic mass is 32.1. The Morgan fingerprint density at radius 1 is 1.35 bits per heavy atom. The average molecular weight is 332 g/mol. The minimum absolute atomic E-state index is 0.134. The van der Waals surface area contributed by atoms with E-state index in [0.717, 1.165) is 16.1 Å². The maximum atomic E-state index is 12.1. The van der Waals surface area contributed by atoms with Crippen LogP contribution in [-0.4, -0.2) is 17.2 Å². The predicted molar refractivity (Wildman–Crippen MR) is 90.4 cm³/mol. The van der Waals surface area contributed by atoms with Crippen molar-refractivity contribution in [2.75, 3.05) is 5.32 Å². The normalized spacial score (nSPS) is 15.7. The number of aliphatic hydroxyl groups is 1. The van der Waals surface area contributed by atoms with Crippen molar-refractivity contribution in [1.29, 1.82) is 0 Å². The van der Waals surface area contributed by atoms with Crippen LogP contribution < -0.4 is 10.6 Å². The monoisotopic (exact) mass is 332 g/mol. The van der Waals surface area contributed by atoms with E-state index in [2.05, 4.69) is 10.6 Å². The fourth-order valence-corrected chi connectivity index (χ4v) is 3.36. The second-order valence-corrected chi connectivity index (χ2v) is 6.72. The van der Waals surface area contributed by atoms with Crippen LogP contribution in [0.1, 0.15) is 35.5 Å². The first-order chi connectivity index (χ1) is 11.1. The van der Waals surface area contributed by atoms with Crippen molar-refractivity contribution in [3.05, 3.63) is 51.7 Å². The Bertz CT molecular complexity index is 672. The van der Waals surface area contributed by atoms with Crippen molar-refractivity contribution in [1.82, 2.24) is 5.32 Å². The SMILES string of the molecule is CC(CC(O)c1cccs1)NC(=O)Nc1ccc2c(c1)COC2. The number of nitrogens with one attached hydrogen (secondary N) is 2. The van der Waals surface area contributed by atoms with Gasteiger partial charge in [0.2, 0.25) is 0 Å². The Morgan fingerprint density at radius 3 is 2.96 bits per heavy atom. The molecule has 0 radical (unpaired) electrons. The Hall–Kier alpha value is -1.89. The number of carbonyl (C=O) groups excluding carboxylic acids is 1. The van der Waals surface area contributed by atoms with Gasteiger partial charge >= 0.3 is 6.03 Å². The van der Waals surface area contributed by atoms with Gasteiger partial charge in [0.1, 0.15) is 0 Å². The molecule has 122 valence electrons. The lowest BCUT2D eigenvalue weighted by Crippen LogP contribution is -2.37. The third-order valence-electron chi connectivity index (χ3n) is 3.81. The van der Waals surface area contributed by atoms with Crippen molar-refractivity contribution in [3.63, 3.8) is 0 Å². The first-order valence-corrected chi connectivity index (χ1v) is 8.48. The van der Waals surface area contributed by atoms with Crippen molar-refractivity contribution in [2.45, 2.75) is 38.7 Å². The summed E-state index contributed by atoms with van der Waals surface area (Å²) in [7, 11) is 0. The molecule has 3 rings (SSSR count). The Morgan fingerprint density at radius 2 is 2.17 bits per heavy atom. The van der Waals surface area contributed by atoms with Crippen LogP contribution in [0.25, 0.3) is 0 Å². The van der Waals surface area contributed by atoms with Gasteiger partial charge in [-0.25, -0.2) is 4.79 Å². The van der Waals surface area contributed by atoms with E-state index in [1.165, 1.54) is 16.9 Å². The van der Waals surface area contributed by atoms with Gasteiger partial charge in [-0.1, -0.05) is 12.1 Å². The number of aliphatic hydroxyl groups excluding tert-OH is 1. The number of urea groups is 1. The van der Waals surface area contributed by atoms with E-state index in [4.69, 9.17) is 4.74 Å². The van der Waals surface area contributed by atoms with Gasteiger partial charge in [0, 0.05) is 16.6 Å². The number of benzene rings is 1. The van der Waals surface area contributed by atoms with Gasteiger partial charge in [0.05, 0.1) is 19.3 Å². The molecular formula is C17H20N2O3S. The molecule has 3 N–H and O–H groups in total. The summed E-state index contributed by atoms with van der Waals surface area (Å²) in [6.07, 6.45) is -0.0752. The highest BCUT2D eigenvalue weighted by Gasteiger charge is 2.16. The molecule has 0 saturated heterocycles. The summed E-state index contributed by atoms with van der Waals surface area (Å²) in [5, 5.41) is 17.7. The number of ether oxygens (including phenoxy) is 1. The summed E-state index contributed by atoms with van der Waals surface area (Å²) < 4.78 is 5.36. The summed E-state index contributed by atoms with van der Waals surface area (Å²) >= 11 is 1.52. The zero-order valence-electron chi connectivity index (χ0n) is 12.9. The number of anilines is 1. The van der Waals surface area contributed by atoms with Gasteiger partial charge in [0.15, 0.2) is 0 Å². The minimum Gasteiger partial charge on any atom is -0.387 e. The van der Waals surface area contributed by atoms with E-state index in [-0.39, 0.29) is 12.1 Å². The molecule has 0 fully saturated rings. The number of carbonyl (C=O) groups is 1. The first-order valence-electron chi connectivity index (χ1n) is 7.60. The molecule has 1 aliphatic rings. The number of amides is 2. The zero-order valence-corrected chi connectivity index (χ0v) is 13.7. The number of hydrogen-bond acceptors (Lipinski definition) is 4. The summed E-state index contributed by atoms with van der Waals surface area (Å²) in [6.45, 7) is 3.11. The summed E-state index contributed by atoms with van der Waals surface area (Å²) in [4.78, 5) is 13.0. The molecule has 0 saturated carbocycles. The molecule has 2 atom stereocenters. The van der Waals surface area contributed by atoms with Crippen LogP contribution in [0, 0.1) is 0 Å².